The third kappa shape index (κ3) is 4.46. The van der Waals surface area contributed by atoms with Gasteiger partial charge in [-0.3, -0.25) is 14.5 Å². The Balaban J connectivity index is 1.88. The second kappa shape index (κ2) is 7.26. The van der Waals surface area contributed by atoms with Crippen LogP contribution in [0.25, 0.3) is 0 Å². The molecule has 1 aromatic carbocycles. The highest BCUT2D eigenvalue weighted by atomic mass is 16.5. The Morgan fingerprint density at radius 3 is 2.68 bits per heavy atom. The molecule has 6 nitrogen and oxygen atoms in total. The molecule has 0 unspecified atom stereocenters. The Morgan fingerprint density at radius 1 is 1.36 bits per heavy atom. The van der Waals surface area contributed by atoms with Crippen molar-refractivity contribution in [3.63, 3.8) is 0 Å². The number of hydrogen-bond acceptors (Lipinski definition) is 4. The molecule has 1 saturated carbocycles. The number of ether oxygens (including phenoxy) is 1. The fourth-order valence-corrected chi connectivity index (χ4v) is 2.05. The van der Waals surface area contributed by atoms with Crippen LogP contribution < -0.4 is 15.4 Å². The summed E-state index contributed by atoms with van der Waals surface area (Å²) >= 11 is 0. The smallest absolute Gasteiger partial charge is 0.241 e. The predicted octanol–water partition coefficient (Wildman–Crippen LogP) is 1.23. The van der Waals surface area contributed by atoms with Gasteiger partial charge in [0.15, 0.2) is 0 Å². The molecule has 0 radical (unpaired) electrons. The quantitative estimate of drug-likeness (QED) is 0.795. The Labute approximate surface area is 130 Å². The average Bonchev–Trinajstić information content (AvgIpc) is 3.30. The minimum absolute atomic E-state index is 0.0399. The zero-order valence-electron chi connectivity index (χ0n) is 13.3. The second-order valence-electron chi connectivity index (χ2n) is 5.62. The molecule has 6 heteroatoms. The van der Waals surface area contributed by atoms with Crippen LogP contribution in [0.15, 0.2) is 24.3 Å². The first-order valence-electron chi connectivity index (χ1n) is 7.44. The molecule has 120 valence electrons. The van der Waals surface area contributed by atoms with Crippen molar-refractivity contribution in [3.8, 4) is 5.75 Å². The van der Waals surface area contributed by atoms with E-state index >= 15 is 0 Å². The van der Waals surface area contributed by atoms with Gasteiger partial charge < -0.3 is 15.4 Å². The van der Waals surface area contributed by atoms with Crippen LogP contribution in [0.2, 0.25) is 0 Å². The molecule has 22 heavy (non-hydrogen) atoms. The van der Waals surface area contributed by atoms with Gasteiger partial charge in [0, 0.05) is 6.04 Å². The van der Waals surface area contributed by atoms with Crippen LogP contribution in [-0.4, -0.2) is 49.5 Å². The minimum Gasteiger partial charge on any atom is -0.495 e. The lowest BCUT2D eigenvalue weighted by Crippen LogP contribution is -2.45. The van der Waals surface area contributed by atoms with Gasteiger partial charge in [0.1, 0.15) is 5.75 Å². The zero-order valence-corrected chi connectivity index (χ0v) is 13.3. The van der Waals surface area contributed by atoms with Crippen molar-refractivity contribution in [2.45, 2.75) is 31.8 Å². The van der Waals surface area contributed by atoms with Crippen LogP contribution in [0.4, 0.5) is 5.69 Å². The fraction of sp³-hybridized carbons (Fsp3) is 0.500. The molecule has 0 saturated heterocycles. The number of carbonyl (C=O) groups excluding carboxylic acids is 2. The summed E-state index contributed by atoms with van der Waals surface area (Å²) in [7, 11) is 3.32. The van der Waals surface area contributed by atoms with Crippen molar-refractivity contribution in [1.29, 1.82) is 0 Å². The summed E-state index contributed by atoms with van der Waals surface area (Å²) in [6.45, 7) is 1.98. The molecule has 2 rings (SSSR count). The summed E-state index contributed by atoms with van der Waals surface area (Å²) in [5.41, 5.74) is 0.623. The Morgan fingerprint density at radius 2 is 2.05 bits per heavy atom. The molecule has 1 fully saturated rings. The van der Waals surface area contributed by atoms with Crippen molar-refractivity contribution >= 4 is 17.5 Å². The van der Waals surface area contributed by atoms with Crippen molar-refractivity contribution < 1.29 is 14.3 Å². The molecule has 1 atom stereocenters. The molecular formula is C16H23N3O3. The largest absolute Gasteiger partial charge is 0.495 e. The number of anilines is 1. The average molecular weight is 305 g/mol. The maximum atomic E-state index is 12.3. The van der Waals surface area contributed by atoms with Crippen LogP contribution in [0.1, 0.15) is 19.8 Å². The molecule has 0 bridgehead atoms. The third-order valence-corrected chi connectivity index (χ3v) is 3.74. The van der Waals surface area contributed by atoms with E-state index in [9.17, 15) is 9.59 Å². The van der Waals surface area contributed by atoms with E-state index in [1.165, 1.54) is 0 Å². The van der Waals surface area contributed by atoms with E-state index in [1.54, 1.807) is 38.1 Å². The lowest BCUT2D eigenvalue weighted by atomic mass is 10.2. The summed E-state index contributed by atoms with van der Waals surface area (Å²) in [4.78, 5) is 25.8. The van der Waals surface area contributed by atoms with E-state index in [1.807, 2.05) is 12.1 Å². The van der Waals surface area contributed by atoms with Gasteiger partial charge in [-0.2, -0.15) is 0 Å². The number of nitrogens with one attached hydrogen (secondary N) is 2. The van der Waals surface area contributed by atoms with Crippen molar-refractivity contribution in [1.82, 2.24) is 10.2 Å². The molecule has 0 spiro atoms. The van der Waals surface area contributed by atoms with E-state index in [2.05, 4.69) is 10.6 Å². The molecule has 1 aliphatic carbocycles. The molecule has 0 aliphatic heterocycles. The van der Waals surface area contributed by atoms with E-state index in [0.29, 0.717) is 17.5 Å². The monoisotopic (exact) mass is 305 g/mol. The molecule has 0 heterocycles. The molecule has 1 aromatic rings. The predicted molar refractivity (Wildman–Crippen MR) is 84.9 cm³/mol. The molecule has 1 aliphatic rings. The van der Waals surface area contributed by atoms with Gasteiger partial charge in [-0.15, -0.1) is 0 Å². The van der Waals surface area contributed by atoms with Gasteiger partial charge in [-0.05, 0) is 38.9 Å². The normalized spacial score (nSPS) is 15.3. The van der Waals surface area contributed by atoms with E-state index in [0.717, 1.165) is 12.8 Å². The number of amides is 2. The fourth-order valence-electron chi connectivity index (χ4n) is 2.05. The number of nitrogens with zero attached hydrogens (tertiary/aromatic N) is 1. The van der Waals surface area contributed by atoms with Crippen LogP contribution in [-0.2, 0) is 9.59 Å². The molecular weight excluding hydrogens is 282 g/mol. The molecule has 2 amide bonds. The third-order valence-electron chi connectivity index (χ3n) is 3.74. The highest BCUT2D eigenvalue weighted by molar-refractivity contribution is 5.96. The number of methoxy groups -OCH3 is 1. The topological polar surface area (TPSA) is 70.7 Å². The lowest BCUT2D eigenvalue weighted by molar-refractivity contribution is -0.124. The SMILES string of the molecule is COc1ccccc1NC(=O)[C@@H](C)N(C)CC(=O)NC1CC1. The number of likely N-dealkylation sites (N-methyl/N-ethyl adjacent to an activating group) is 1. The van der Waals surface area contributed by atoms with Crippen molar-refractivity contribution in [2.24, 2.45) is 0 Å². The van der Waals surface area contributed by atoms with Crippen LogP contribution in [0, 0.1) is 0 Å². The van der Waals surface area contributed by atoms with Crippen molar-refractivity contribution in [2.75, 3.05) is 26.0 Å². The summed E-state index contributed by atoms with van der Waals surface area (Å²) in [5, 5.41) is 5.75. The van der Waals surface area contributed by atoms with E-state index < -0.39 is 6.04 Å². The molecule has 0 aromatic heterocycles. The minimum atomic E-state index is -0.421. The Hall–Kier alpha value is -2.08. The number of carbonyl (C=O) groups is 2. The first-order chi connectivity index (χ1) is 10.5. The van der Waals surface area contributed by atoms with E-state index in [4.69, 9.17) is 4.74 Å². The number of benzene rings is 1. The Bertz CT molecular complexity index is 543. The van der Waals surface area contributed by atoms with Gasteiger partial charge in [0.25, 0.3) is 0 Å². The zero-order chi connectivity index (χ0) is 16.1. The van der Waals surface area contributed by atoms with Gasteiger partial charge in [0.2, 0.25) is 11.8 Å². The standard InChI is InChI=1S/C16H23N3O3/c1-11(19(2)10-15(20)17-12-8-9-12)16(21)18-13-6-4-5-7-14(13)22-3/h4-7,11-12H,8-10H2,1-3H3,(H,17,20)(H,18,21)/t11-/m1/s1. The molecule has 2 N–H and O–H groups in total. The van der Waals surface area contributed by atoms with Crippen LogP contribution >= 0.6 is 0 Å². The summed E-state index contributed by atoms with van der Waals surface area (Å²) in [5.74, 6) is 0.394. The number of para-hydroxylation sites is 2. The Kier molecular flexibility index (Phi) is 5.38. The number of rotatable bonds is 7. The first-order valence-corrected chi connectivity index (χ1v) is 7.44. The number of hydrogen-bond donors (Lipinski definition) is 2. The maximum Gasteiger partial charge on any atom is 0.241 e. The van der Waals surface area contributed by atoms with Gasteiger partial charge in [0.05, 0.1) is 25.4 Å². The lowest BCUT2D eigenvalue weighted by Gasteiger charge is -2.23. The van der Waals surface area contributed by atoms with Crippen LogP contribution in [0.5, 0.6) is 5.75 Å². The summed E-state index contributed by atoms with van der Waals surface area (Å²) in [6, 6.07) is 7.14. The van der Waals surface area contributed by atoms with Gasteiger partial charge in [-0.25, -0.2) is 0 Å². The van der Waals surface area contributed by atoms with Crippen molar-refractivity contribution in [3.05, 3.63) is 24.3 Å². The maximum absolute atomic E-state index is 12.3. The van der Waals surface area contributed by atoms with E-state index in [-0.39, 0.29) is 18.4 Å². The van der Waals surface area contributed by atoms with Crippen LogP contribution in [0.3, 0.4) is 0 Å². The summed E-state index contributed by atoms with van der Waals surface area (Å²) in [6.07, 6.45) is 2.11. The highest BCUT2D eigenvalue weighted by Crippen LogP contribution is 2.23. The van der Waals surface area contributed by atoms with Gasteiger partial charge >= 0.3 is 0 Å². The summed E-state index contributed by atoms with van der Waals surface area (Å²) < 4.78 is 5.21. The highest BCUT2D eigenvalue weighted by Gasteiger charge is 2.25. The second-order valence-corrected chi connectivity index (χ2v) is 5.62. The van der Waals surface area contributed by atoms with Gasteiger partial charge in [-0.1, -0.05) is 12.1 Å². The first kappa shape index (κ1) is 16.3.